The van der Waals surface area contributed by atoms with Crippen molar-refractivity contribution in [2.45, 2.75) is 45.8 Å². The molecule has 31 heavy (non-hydrogen) atoms. The van der Waals surface area contributed by atoms with Crippen molar-refractivity contribution >= 4 is 35.2 Å². The van der Waals surface area contributed by atoms with E-state index < -0.39 is 11.7 Å². The van der Waals surface area contributed by atoms with Gasteiger partial charge in [0.2, 0.25) is 11.8 Å². The second-order valence-corrected chi connectivity index (χ2v) is 8.40. The van der Waals surface area contributed by atoms with Crippen LogP contribution in [-0.2, 0) is 27.3 Å². The van der Waals surface area contributed by atoms with Gasteiger partial charge in [-0.15, -0.1) is 0 Å². The van der Waals surface area contributed by atoms with Gasteiger partial charge in [0.25, 0.3) is 0 Å². The van der Waals surface area contributed by atoms with E-state index in [9.17, 15) is 14.4 Å². The largest absolute Gasteiger partial charge is 0.444 e. The molecule has 2 aromatic carbocycles. The van der Waals surface area contributed by atoms with Crippen LogP contribution in [0, 0.1) is 0 Å². The van der Waals surface area contributed by atoms with E-state index >= 15 is 0 Å². The first kappa shape index (κ1) is 24.2. The molecule has 0 fully saturated rings. The van der Waals surface area contributed by atoms with E-state index in [0.717, 1.165) is 11.1 Å². The maximum Gasteiger partial charge on any atom is 0.408 e. The Morgan fingerprint density at radius 3 is 2.29 bits per heavy atom. The molecule has 0 unspecified atom stereocenters. The molecule has 0 radical (unpaired) electrons. The van der Waals surface area contributed by atoms with Crippen molar-refractivity contribution in [3.8, 4) is 0 Å². The smallest absolute Gasteiger partial charge is 0.408 e. The Labute approximate surface area is 187 Å². The fraction of sp³-hybridized carbons (Fsp3) is 0.348. The van der Waals surface area contributed by atoms with Crippen LogP contribution < -0.4 is 16.0 Å². The standard InChI is InChI=1S/C23H28ClN3O4/c1-23(2,3)31-22(30)26-15-21(29)25-14-17-6-4-5-7-19(17)27-20(28)13-10-16-8-11-18(24)12-9-16/h4-9,11-12H,10,13-15H2,1-3H3,(H,25,29)(H,26,30)(H,27,28). The molecule has 0 aromatic heterocycles. The number of nitrogens with one attached hydrogen (secondary N) is 3. The molecule has 0 saturated heterocycles. The highest BCUT2D eigenvalue weighted by Crippen LogP contribution is 2.16. The molecule has 0 bridgehead atoms. The second kappa shape index (κ2) is 11.4. The summed E-state index contributed by atoms with van der Waals surface area (Å²) in [5, 5.41) is 8.67. The lowest BCUT2D eigenvalue weighted by molar-refractivity contribution is -0.120. The number of para-hydroxylation sites is 1. The van der Waals surface area contributed by atoms with Crippen LogP contribution in [0.25, 0.3) is 0 Å². The minimum Gasteiger partial charge on any atom is -0.444 e. The molecule has 7 nitrogen and oxygen atoms in total. The van der Waals surface area contributed by atoms with Gasteiger partial charge in [-0.25, -0.2) is 4.79 Å². The number of hydrogen-bond acceptors (Lipinski definition) is 4. The molecule has 0 saturated carbocycles. The van der Waals surface area contributed by atoms with E-state index in [-0.39, 0.29) is 24.9 Å². The summed E-state index contributed by atoms with van der Waals surface area (Å²) < 4.78 is 5.09. The zero-order valence-electron chi connectivity index (χ0n) is 18.0. The third-order valence-corrected chi connectivity index (χ3v) is 4.37. The summed E-state index contributed by atoms with van der Waals surface area (Å²) in [6.45, 7) is 5.24. The van der Waals surface area contributed by atoms with Crippen molar-refractivity contribution in [3.05, 3.63) is 64.7 Å². The Balaban J connectivity index is 1.81. The molecule has 8 heteroatoms. The van der Waals surface area contributed by atoms with Crippen LogP contribution in [0.5, 0.6) is 0 Å². The van der Waals surface area contributed by atoms with Crippen LogP contribution in [0.4, 0.5) is 10.5 Å². The lowest BCUT2D eigenvalue weighted by Crippen LogP contribution is -2.39. The number of amides is 3. The van der Waals surface area contributed by atoms with Crippen molar-refractivity contribution < 1.29 is 19.1 Å². The molecule has 2 aromatic rings. The maximum absolute atomic E-state index is 12.3. The number of carbonyl (C=O) groups excluding carboxylic acids is 3. The Morgan fingerprint density at radius 1 is 0.935 bits per heavy atom. The Bertz CT molecular complexity index is 908. The average molecular weight is 446 g/mol. The van der Waals surface area contributed by atoms with Crippen molar-refractivity contribution in [2.75, 3.05) is 11.9 Å². The number of carbonyl (C=O) groups is 3. The number of anilines is 1. The van der Waals surface area contributed by atoms with Gasteiger partial charge in [0.05, 0.1) is 0 Å². The molecule has 0 heterocycles. The highest BCUT2D eigenvalue weighted by molar-refractivity contribution is 6.30. The first-order chi connectivity index (χ1) is 14.6. The molecule has 166 valence electrons. The van der Waals surface area contributed by atoms with Gasteiger partial charge in [0.1, 0.15) is 12.1 Å². The number of hydrogen-bond donors (Lipinski definition) is 3. The van der Waals surface area contributed by atoms with Crippen molar-refractivity contribution in [2.24, 2.45) is 0 Å². The van der Waals surface area contributed by atoms with Crippen LogP contribution in [0.1, 0.15) is 38.3 Å². The molecule has 2 rings (SSSR count). The molecule has 3 N–H and O–H groups in total. The molecular weight excluding hydrogens is 418 g/mol. The van der Waals surface area contributed by atoms with Crippen LogP contribution in [0.2, 0.25) is 5.02 Å². The number of benzene rings is 2. The zero-order valence-corrected chi connectivity index (χ0v) is 18.7. The van der Waals surface area contributed by atoms with Crippen LogP contribution in [0.3, 0.4) is 0 Å². The van der Waals surface area contributed by atoms with E-state index in [1.54, 1.807) is 39.0 Å². The monoisotopic (exact) mass is 445 g/mol. The van der Waals surface area contributed by atoms with Gasteiger partial charge in [-0.3, -0.25) is 9.59 Å². The average Bonchev–Trinajstić information content (AvgIpc) is 2.70. The fourth-order valence-corrected chi connectivity index (χ4v) is 2.77. The first-order valence-electron chi connectivity index (χ1n) is 9.98. The number of rotatable bonds is 8. The summed E-state index contributed by atoms with van der Waals surface area (Å²) in [6, 6.07) is 14.6. The first-order valence-corrected chi connectivity index (χ1v) is 10.4. The van der Waals surface area contributed by atoms with Gasteiger partial charge < -0.3 is 20.7 Å². The lowest BCUT2D eigenvalue weighted by atomic mass is 10.1. The van der Waals surface area contributed by atoms with E-state index in [1.165, 1.54) is 0 Å². The summed E-state index contributed by atoms with van der Waals surface area (Å²) in [7, 11) is 0. The van der Waals surface area contributed by atoms with Crippen LogP contribution in [0.15, 0.2) is 48.5 Å². The molecule has 0 aliphatic carbocycles. The third kappa shape index (κ3) is 9.53. The summed E-state index contributed by atoms with van der Waals surface area (Å²) in [5.41, 5.74) is 1.78. The van der Waals surface area contributed by atoms with Gasteiger partial charge in [-0.1, -0.05) is 41.9 Å². The molecular formula is C23H28ClN3O4. The molecule has 0 atom stereocenters. The highest BCUT2D eigenvalue weighted by Gasteiger charge is 2.16. The minimum atomic E-state index is -0.656. The van der Waals surface area contributed by atoms with Crippen molar-refractivity contribution in [1.82, 2.24) is 10.6 Å². The van der Waals surface area contributed by atoms with E-state index in [1.807, 2.05) is 30.3 Å². The number of alkyl carbamates (subject to hydrolysis) is 1. The van der Waals surface area contributed by atoms with Gasteiger partial charge in [0, 0.05) is 23.7 Å². The summed E-state index contributed by atoms with van der Waals surface area (Å²) in [6.07, 6.45) is 0.261. The van der Waals surface area contributed by atoms with Crippen LogP contribution in [-0.4, -0.2) is 30.1 Å². The number of ether oxygens (including phenoxy) is 1. The summed E-state index contributed by atoms with van der Waals surface area (Å²) in [5.74, 6) is -0.491. The van der Waals surface area contributed by atoms with E-state index in [4.69, 9.17) is 16.3 Å². The molecule has 0 aliphatic rings. The Kier molecular flexibility index (Phi) is 8.88. The predicted octanol–water partition coefficient (Wildman–Crippen LogP) is 4.05. The van der Waals surface area contributed by atoms with Crippen LogP contribution >= 0.6 is 11.6 Å². The van der Waals surface area contributed by atoms with E-state index in [2.05, 4.69) is 16.0 Å². The zero-order chi connectivity index (χ0) is 22.9. The molecule has 0 spiro atoms. The second-order valence-electron chi connectivity index (χ2n) is 7.96. The SMILES string of the molecule is CC(C)(C)OC(=O)NCC(=O)NCc1ccccc1NC(=O)CCc1ccc(Cl)cc1. The predicted molar refractivity (Wildman–Crippen MR) is 121 cm³/mol. The Hall–Kier alpha value is -3.06. The Morgan fingerprint density at radius 2 is 1.61 bits per heavy atom. The van der Waals surface area contributed by atoms with Gasteiger partial charge in [-0.05, 0) is 56.5 Å². The summed E-state index contributed by atoms with van der Waals surface area (Å²) >= 11 is 5.88. The highest BCUT2D eigenvalue weighted by atomic mass is 35.5. The van der Waals surface area contributed by atoms with Crippen molar-refractivity contribution in [1.29, 1.82) is 0 Å². The molecule has 0 aliphatic heterocycles. The topological polar surface area (TPSA) is 96.5 Å². The fourth-order valence-electron chi connectivity index (χ4n) is 2.64. The lowest BCUT2D eigenvalue weighted by Gasteiger charge is -2.19. The summed E-state index contributed by atoms with van der Waals surface area (Å²) in [4.78, 5) is 36.0. The number of halogens is 1. The number of aryl methyl sites for hydroxylation is 1. The molecule has 3 amide bonds. The quantitative estimate of drug-likeness (QED) is 0.571. The van der Waals surface area contributed by atoms with Gasteiger partial charge in [-0.2, -0.15) is 0 Å². The minimum absolute atomic E-state index is 0.125. The van der Waals surface area contributed by atoms with Crippen molar-refractivity contribution in [3.63, 3.8) is 0 Å². The van der Waals surface area contributed by atoms with Gasteiger partial charge in [0.15, 0.2) is 0 Å². The normalized spacial score (nSPS) is 10.8. The van der Waals surface area contributed by atoms with Gasteiger partial charge >= 0.3 is 6.09 Å². The van der Waals surface area contributed by atoms with E-state index in [0.29, 0.717) is 23.6 Å². The maximum atomic E-state index is 12.3. The third-order valence-electron chi connectivity index (χ3n) is 4.11.